The molecule has 5 heteroatoms. The molecule has 0 atom stereocenters. The topological polar surface area (TPSA) is 51.8 Å². The van der Waals surface area contributed by atoms with Gasteiger partial charge in [-0.05, 0) is 59.2 Å². The van der Waals surface area contributed by atoms with E-state index in [0.29, 0.717) is 5.82 Å². The van der Waals surface area contributed by atoms with E-state index in [4.69, 9.17) is 14.4 Å². The van der Waals surface area contributed by atoms with Crippen molar-refractivity contribution < 1.29 is 4.42 Å². The second-order valence-corrected chi connectivity index (χ2v) is 15.1. The summed E-state index contributed by atoms with van der Waals surface area (Å²) in [6.45, 7) is 0. The van der Waals surface area contributed by atoms with Crippen molar-refractivity contribution >= 4 is 53.4 Å². The lowest BCUT2D eigenvalue weighted by Gasteiger charge is -2.11. The van der Waals surface area contributed by atoms with Crippen LogP contribution in [0.3, 0.4) is 0 Å². The second kappa shape index (κ2) is 13.3. The number of aromatic nitrogens is 3. The maximum Gasteiger partial charge on any atom is 0.160 e. The molecule has 0 aliphatic rings. The maximum absolute atomic E-state index is 6.69. The molecule has 0 saturated carbocycles. The van der Waals surface area contributed by atoms with Gasteiger partial charge in [0.1, 0.15) is 11.2 Å². The van der Waals surface area contributed by atoms with Crippen molar-refractivity contribution in [2.24, 2.45) is 0 Å². The molecule has 56 heavy (non-hydrogen) atoms. The van der Waals surface area contributed by atoms with Crippen LogP contribution in [0.15, 0.2) is 193 Å². The highest BCUT2D eigenvalue weighted by atomic mass is 32.1. The molecule has 0 aliphatic heterocycles. The molecule has 0 radical (unpaired) electrons. The van der Waals surface area contributed by atoms with E-state index in [0.717, 1.165) is 78.0 Å². The zero-order chi connectivity index (χ0) is 37.0. The summed E-state index contributed by atoms with van der Waals surface area (Å²) in [7, 11) is 0. The molecule has 0 spiro atoms. The van der Waals surface area contributed by atoms with Crippen LogP contribution < -0.4 is 0 Å². The van der Waals surface area contributed by atoms with Gasteiger partial charge in [0.05, 0.1) is 17.1 Å². The summed E-state index contributed by atoms with van der Waals surface area (Å²) in [5, 5.41) is 4.84. The molecule has 11 aromatic rings. The first-order valence-corrected chi connectivity index (χ1v) is 19.5. The molecule has 0 amide bonds. The van der Waals surface area contributed by atoms with Gasteiger partial charge >= 0.3 is 0 Å². The van der Waals surface area contributed by atoms with Gasteiger partial charge in [-0.15, -0.1) is 11.3 Å². The fourth-order valence-corrected chi connectivity index (χ4v) is 8.96. The highest BCUT2D eigenvalue weighted by Crippen LogP contribution is 2.44. The normalized spacial score (nSPS) is 11.6. The van der Waals surface area contributed by atoms with Crippen molar-refractivity contribution in [1.29, 1.82) is 0 Å². The molecule has 0 unspecified atom stereocenters. The summed E-state index contributed by atoms with van der Waals surface area (Å²) in [5.74, 6) is 0.669. The third-order valence-electron chi connectivity index (χ3n) is 10.6. The quantitative estimate of drug-likeness (QED) is 0.171. The molecule has 0 aliphatic carbocycles. The zero-order valence-corrected chi connectivity index (χ0v) is 30.9. The second-order valence-electron chi connectivity index (χ2n) is 14.0. The zero-order valence-electron chi connectivity index (χ0n) is 30.1. The number of furan rings is 1. The first kappa shape index (κ1) is 32.2. The minimum Gasteiger partial charge on any atom is -0.455 e. The van der Waals surface area contributed by atoms with Gasteiger partial charge in [0.15, 0.2) is 5.82 Å². The van der Waals surface area contributed by atoms with Gasteiger partial charge in [-0.1, -0.05) is 140 Å². The van der Waals surface area contributed by atoms with Crippen LogP contribution in [-0.2, 0) is 0 Å². The van der Waals surface area contributed by atoms with Crippen LogP contribution in [0, 0.1) is 0 Å². The number of para-hydroxylation sites is 1. The minimum absolute atomic E-state index is 0.669. The van der Waals surface area contributed by atoms with Crippen LogP contribution >= 0.6 is 11.3 Å². The standard InChI is InChI=1S/C51H31N3OS/c1-2-10-33(11-3-1)44-31-45(35-21-19-34(20-22-35)43-14-8-9-29-52-43)54-51(53-44)36-23-17-32(18-24-36)39-28-27-38(49-42-13-4-6-15-46(42)55-50(39)49)37-25-26-41-40-12-5-7-16-47(40)56-48(41)30-37/h1-31H. The third-order valence-corrected chi connectivity index (χ3v) is 11.7. The number of fused-ring (bicyclic) bond motifs is 6. The molecule has 4 heterocycles. The van der Waals surface area contributed by atoms with E-state index in [1.165, 1.54) is 25.7 Å². The Morgan fingerprint density at radius 1 is 0.393 bits per heavy atom. The molecule has 0 fully saturated rings. The molecule has 0 bridgehead atoms. The molecule has 0 saturated heterocycles. The molecule has 262 valence electrons. The van der Waals surface area contributed by atoms with E-state index in [9.17, 15) is 0 Å². The highest BCUT2D eigenvalue weighted by molar-refractivity contribution is 7.25. The molecular formula is C51H31N3OS. The maximum atomic E-state index is 6.69. The predicted octanol–water partition coefficient (Wildman–Crippen LogP) is 14.1. The van der Waals surface area contributed by atoms with E-state index in [1.807, 2.05) is 60.0 Å². The van der Waals surface area contributed by atoms with E-state index in [1.54, 1.807) is 0 Å². The number of benzene rings is 7. The first-order chi connectivity index (χ1) is 27.7. The van der Waals surface area contributed by atoms with Crippen LogP contribution in [0.4, 0.5) is 0 Å². The monoisotopic (exact) mass is 733 g/mol. The molecular weight excluding hydrogens is 703 g/mol. The summed E-state index contributed by atoms with van der Waals surface area (Å²) >= 11 is 1.84. The van der Waals surface area contributed by atoms with Crippen molar-refractivity contribution in [3.8, 4) is 67.4 Å². The van der Waals surface area contributed by atoms with Gasteiger partial charge < -0.3 is 4.42 Å². The van der Waals surface area contributed by atoms with Crippen molar-refractivity contribution in [2.75, 3.05) is 0 Å². The fraction of sp³-hybridized carbons (Fsp3) is 0. The smallest absolute Gasteiger partial charge is 0.160 e. The van der Waals surface area contributed by atoms with Crippen molar-refractivity contribution in [3.63, 3.8) is 0 Å². The van der Waals surface area contributed by atoms with E-state index < -0.39 is 0 Å². The molecule has 4 aromatic heterocycles. The fourth-order valence-electron chi connectivity index (χ4n) is 7.81. The Bertz CT molecular complexity index is 3220. The number of rotatable bonds is 6. The lowest BCUT2D eigenvalue weighted by Crippen LogP contribution is -1.96. The molecule has 7 aromatic carbocycles. The third kappa shape index (κ3) is 5.56. The number of nitrogens with zero attached hydrogens (tertiary/aromatic N) is 3. The van der Waals surface area contributed by atoms with Crippen LogP contribution in [0.2, 0.25) is 0 Å². The molecule has 4 nitrogen and oxygen atoms in total. The Morgan fingerprint density at radius 2 is 1.00 bits per heavy atom. The largest absolute Gasteiger partial charge is 0.455 e. The van der Waals surface area contributed by atoms with Crippen molar-refractivity contribution in [1.82, 2.24) is 15.0 Å². The Balaban J connectivity index is 0.998. The summed E-state index contributed by atoms with van der Waals surface area (Å²) in [6, 6.07) is 63.6. The average Bonchev–Trinajstić information content (AvgIpc) is 3.85. The lowest BCUT2D eigenvalue weighted by atomic mass is 9.94. The minimum atomic E-state index is 0.669. The Labute approximate surface area is 327 Å². The summed E-state index contributed by atoms with van der Waals surface area (Å²) in [5.41, 5.74) is 12.9. The number of pyridine rings is 1. The molecule has 0 N–H and O–H groups in total. The Kier molecular flexibility index (Phi) is 7.64. The van der Waals surface area contributed by atoms with Gasteiger partial charge in [-0.25, -0.2) is 9.97 Å². The average molecular weight is 734 g/mol. The van der Waals surface area contributed by atoms with Crippen LogP contribution in [0.25, 0.3) is 110 Å². The summed E-state index contributed by atoms with van der Waals surface area (Å²) in [6.07, 6.45) is 1.82. The van der Waals surface area contributed by atoms with E-state index >= 15 is 0 Å². The van der Waals surface area contributed by atoms with Gasteiger partial charge in [0, 0.05) is 65.0 Å². The van der Waals surface area contributed by atoms with Crippen molar-refractivity contribution in [2.45, 2.75) is 0 Å². The number of hydrogen-bond acceptors (Lipinski definition) is 5. The van der Waals surface area contributed by atoms with Crippen LogP contribution in [0.1, 0.15) is 0 Å². The summed E-state index contributed by atoms with van der Waals surface area (Å²) in [4.78, 5) is 14.7. The van der Waals surface area contributed by atoms with Crippen LogP contribution in [-0.4, -0.2) is 15.0 Å². The highest BCUT2D eigenvalue weighted by Gasteiger charge is 2.19. The molecule has 11 rings (SSSR count). The van der Waals surface area contributed by atoms with Crippen molar-refractivity contribution in [3.05, 3.63) is 188 Å². The van der Waals surface area contributed by atoms with Gasteiger partial charge in [-0.2, -0.15) is 0 Å². The number of hydrogen-bond donors (Lipinski definition) is 0. The van der Waals surface area contributed by atoms with Gasteiger partial charge in [0.25, 0.3) is 0 Å². The summed E-state index contributed by atoms with van der Waals surface area (Å²) < 4.78 is 9.28. The first-order valence-electron chi connectivity index (χ1n) is 18.7. The van der Waals surface area contributed by atoms with Crippen LogP contribution in [0.5, 0.6) is 0 Å². The predicted molar refractivity (Wildman–Crippen MR) is 233 cm³/mol. The SMILES string of the molecule is c1ccc(-c2cc(-c3ccc(-c4ccccn4)cc3)nc(-c3ccc(-c4ccc(-c5ccc6c(c5)sc5ccccc56)c5c4oc4ccccc45)cc3)n2)cc1. The van der Waals surface area contributed by atoms with E-state index in [-0.39, 0.29) is 0 Å². The lowest BCUT2D eigenvalue weighted by molar-refractivity contribution is 0.670. The van der Waals surface area contributed by atoms with Gasteiger partial charge in [-0.3, -0.25) is 4.98 Å². The van der Waals surface area contributed by atoms with Gasteiger partial charge in [0.2, 0.25) is 0 Å². The Hall–Kier alpha value is -7.21. The van der Waals surface area contributed by atoms with E-state index in [2.05, 4.69) is 145 Å². The number of thiophene rings is 1. The Morgan fingerprint density at radius 3 is 1.79 bits per heavy atom.